The number of carbonyl (C=O) groups excluding carboxylic acids is 2. The van der Waals surface area contributed by atoms with Crippen LogP contribution >= 0.6 is 0 Å². The molecule has 6 nitrogen and oxygen atoms in total. The Bertz CT molecular complexity index is 454. The van der Waals surface area contributed by atoms with Crippen molar-refractivity contribution in [3.8, 4) is 0 Å². The summed E-state index contributed by atoms with van der Waals surface area (Å²) in [6.07, 6.45) is 4.75. The average molecular weight is 313 g/mol. The number of likely N-dealkylation sites (N-methyl/N-ethyl adjacent to an activating group) is 1. The van der Waals surface area contributed by atoms with Crippen LogP contribution in [0.25, 0.3) is 0 Å². The Kier molecular flexibility index (Phi) is 4.82. The third-order valence-electron chi connectivity index (χ3n) is 5.22. The summed E-state index contributed by atoms with van der Waals surface area (Å²) in [5, 5.41) is 0. The molecule has 2 aliphatic heterocycles. The summed E-state index contributed by atoms with van der Waals surface area (Å²) in [4.78, 5) is 26.4. The summed E-state index contributed by atoms with van der Waals surface area (Å²) in [5.74, 6) is -1.09. The summed E-state index contributed by atoms with van der Waals surface area (Å²) in [7, 11) is 4.47. The predicted molar refractivity (Wildman–Crippen MR) is 80.1 cm³/mol. The van der Waals surface area contributed by atoms with E-state index in [9.17, 15) is 9.59 Å². The second-order valence-electron chi connectivity index (χ2n) is 6.36. The van der Waals surface area contributed by atoms with Crippen LogP contribution in [0.4, 0.5) is 0 Å². The van der Waals surface area contributed by atoms with Gasteiger partial charge in [-0.15, -0.1) is 0 Å². The molecule has 126 valence electrons. The fourth-order valence-electron chi connectivity index (χ4n) is 3.89. The number of esters is 1. The lowest BCUT2D eigenvalue weighted by Gasteiger charge is -2.40. The van der Waals surface area contributed by atoms with Crippen LogP contribution < -0.4 is 0 Å². The van der Waals surface area contributed by atoms with Crippen molar-refractivity contribution in [1.82, 2.24) is 4.90 Å². The molecule has 0 aromatic carbocycles. The first kappa shape index (κ1) is 17.2. The first-order valence-corrected chi connectivity index (χ1v) is 7.99. The quantitative estimate of drug-likeness (QED) is 0.407. The highest BCUT2D eigenvalue weighted by Gasteiger charge is 2.77. The minimum atomic E-state index is -1.65. The van der Waals surface area contributed by atoms with E-state index in [1.165, 1.54) is 25.5 Å². The maximum atomic E-state index is 12.6. The molecular weight excluding hydrogens is 286 g/mol. The Labute approximate surface area is 132 Å². The van der Waals surface area contributed by atoms with Crippen LogP contribution in [0.3, 0.4) is 0 Å². The Balaban J connectivity index is 2.29. The van der Waals surface area contributed by atoms with Gasteiger partial charge in [-0.1, -0.05) is 32.6 Å². The highest BCUT2D eigenvalue weighted by Crippen LogP contribution is 2.54. The van der Waals surface area contributed by atoms with Gasteiger partial charge in [-0.05, 0) is 13.3 Å². The summed E-state index contributed by atoms with van der Waals surface area (Å²) in [5.41, 5.74) is -2.47. The highest BCUT2D eigenvalue weighted by molar-refractivity contribution is 6.09. The molecule has 2 aliphatic rings. The van der Waals surface area contributed by atoms with Crippen molar-refractivity contribution in [2.45, 2.75) is 63.4 Å². The minimum Gasteiger partial charge on any atom is -0.466 e. The lowest BCUT2D eigenvalue weighted by Crippen LogP contribution is -2.62. The summed E-state index contributed by atoms with van der Waals surface area (Å²) < 4.78 is 16.4. The number of nitrogens with zero attached hydrogens (tertiary/aromatic N) is 1. The van der Waals surface area contributed by atoms with Gasteiger partial charge >= 0.3 is 5.97 Å². The number of carbonyl (C=O) groups is 2. The third kappa shape index (κ3) is 2.15. The largest absolute Gasteiger partial charge is 0.466 e. The zero-order chi connectivity index (χ0) is 16.5. The summed E-state index contributed by atoms with van der Waals surface area (Å²) in [6.45, 7) is 4.03. The maximum Gasteiger partial charge on any atom is 0.351 e. The molecule has 0 radical (unpaired) electrons. The molecule has 0 N–H and O–H groups in total. The van der Waals surface area contributed by atoms with Crippen LogP contribution in [0.15, 0.2) is 0 Å². The minimum absolute atomic E-state index is 0.0452. The molecule has 0 aliphatic carbocycles. The molecule has 0 spiro atoms. The SMILES string of the molecule is CCCCCC[C@@H]1[C@@H](OC)[C@]2(C(=O)OC)O[C@@]1(C)N(C)C2=O. The average Bonchev–Trinajstić information content (AvgIpc) is 2.89. The van der Waals surface area contributed by atoms with Crippen LogP contribution in [0.5, 0.6) is 0 Å². The molecule has 2 fully saturated rings. The molecule has 1 amide bonds. The van der Waals surface area contributed by atoms with E-state index in [4.69, 9.17) is 14.2 Å². The van der Waals surface area contributed by atoms with E-state index in [2.05, 4.69) is 6.92 Å². The van der Waals surface area contributed by atoms with Crippen LogP contribution in [0.1, 0.15) is 46.0 Å². The molecule has 6 heteroatoms. The van der Waals surface area contributed by atoms with Crippen molar-refractivity contribution in [2.75, 3.05) is 21.3 Å². The van der Waals surface area contributed by atoms with Gasteiger partial charge in [-0.2, -0.15) is 0 Å². The van der Waals surface area contributed by atoms with Gasteiger partial charge in [0.05, 0.1) is 7.11 Å². The topological polar surface area (TPSA) is 65.1 Å². The maximum absolute atomic E-state index is 12.6. The number of ether oxygens (including phenoxy) is 3. The Hall–Kier alpha value is -1.14. The first-order valence-electron chi connectivity index (χ1n) is 7.99. The van der Waals surface area contributed by atoms with E-state index in [-0.39, 0.29) is 11.8 Å². The van der Waals surface area contributed by atoms with Gasteiger partial charge in [-0.25, -0.2) is 4.79 Å². The monoisotopic (exact) mass is 313 g/mol. The van der Waals surface area contributed by atoms with E-state index in [0.717, 1.165) is 25.7 Å². The molecule has 0 saturated carbocycles. The van der Waals surface area contributed by atoms with Gasteiger partial charge in [0.2, 0.25) is 0 Å². The fraction of sp³-hybridized carbons (Fsp3) is 0.875. The third-order valence-corrected chi connectivity index (χ3v) is 5.22. The van der Waals surface area contributed by atoms with Crippen molar-refractivity contribution >= 4 is 11.9 Å². The van der Waals surface area contributed by atoms with Crippen LogP contribution in [0.2, 0.25) is 0 Å². The molecule has 2 bridgehead atoms. The van der Waals surface area contributed by atoms with E-state index in [1.807, 2.05) is 6.92 Å². The van der Waals surface area contributed by atoms with E-state index >= 15 is 0 Å². The first-order chi connectivity index (χ1) is 10.4. The van der Waals surface area contributed by atoms with E-state index in [0.29, 0.717) is 0 Å². The zero-order valence-electron chi connectivity index (χ0n) is 14.2. The number of amides is 1. The number of hydrogen-bond acceptors (Lipinski definition) is 5. The van der Waals surface area contributed by atoms with Crippen molar-refractivity contribution in [2.24, 2.45) is 5.92 Å². The predicted octanol–water partition coefficient (Wildman–Crippen LogP) is 1.72. The van der Waals surface area contributed by atoms with Gasteiger partial charge < -0.3 is 19.1 Å². The van der Waals surface area contributed by atoms with Crippen LogP contribution in [-0.4, -0.2) is 55.5 Å². The van der Waals surface area contributed by atoms with Crippen LogP contribution in [0, 0.1) is 5.92 Å². The van der Waals surface area contributed by atoms with Gasteiger partial charge in [0.15, 0.2) is 0 Å². The van der Waals surface area contributed by atoms with Crippen molar-refractivity contribution in [1.29, 1.82) is 0 Å². The molecule has 22 heavy (non-hydrogen) atoms. The molecule has 0 aromatic rings. The summed E-state index contributed by atoms with van der Waals surface area (Å²) in [6, 6.07) is 0. The number of rotatable bonds is 7. The number of likely N-dealkylation sites (tertiary alicyclic amines) is 1. The number of fused-ring (bicyclic) bond motifs is 2. The van der Waals surface area contributed by atoms with Gasteiger partial charge in [0.1, 0.15) is 11.8 Å². The van der Waals surface area contributed by atoms with E-state index < -0.39 is 23.4 Å². The Morgan fingerprint density at radius 1 is 1.32 bits per heavy atom. The molecule has 0 unspecified atom stereocenters. The smallest absolute Gasteiger partial charge is 0.351 e. The molecule has 2 heterocycles. The van der Waals surface area contributed by atoms with Crippen molar-refractivity contribution in [3.05, 3.63) is 0 Å². The van der Waals surface area contributed by atoms with Crippen molar-refractivity contribution in [3.63, 3.8) is 0 Å². The fourth-order valence-corrected chi connectivity index (χ4v) is 3.89. The lowest BCUT2D eigenvalue weighted by atomic mass is 9.77. The number of hydrogen-bond donors (Lipinski definition) is 0. The highest BCUT2D eigenvalue weighted by atomic mass is 16.6. The standard InChI is InChI=1S/C16H27NO5/c1-6-7-8-9-10-11-12(20-4)16(14(19)21-5)13(18)17(3)15(11,2)22-16/h11-12H,6-10H2,1-5H3/t11-,12-,15-,16+/m1/s1. The molecule has 0 aromatic heterocycles. The van der Waals surface area contributed by atoms with Gasteiger partial charge in [0.25, 0.3) is 11.5 Å². The second-order valence-corrected chi connectivity index (χ2v) is 6.36. The summed E-state index contributed by atoms with van der Waals surface area (Å²) >= 11 is 0. The van der Waals surface area contributed by atoms with Gasteiger partial charge in [-0.3, -0.25) is 4.79 Å². The number of unbranched alkanes of at least 4 members (excludes halogenated alkanes) is 3. The lowest BCUT2D eigenvalue weighted by molar-refractivity contribution is -0.177. The normalized spacial score (nSPS) is 37.0. The number of methoxy groups -OCH3 is 2. The second kappa shape index (κ2) is 6.16. The van der Waals surface area contributed by atoms with E-state index in [1.54, 1.807) is 7.05 Å². The van der Waals surface area contributed by atoms with Crippen molar-refractivity contribution < 1.29 is 23.8 Å². The molecule has 4 atom stereocenters. The van der Waals surface area contributed by atoms with Gasteiger partial charge in [0, 0.05) is 20.1 Å². The molecule has 2 saturated heterocycles. The van der Waals surface area contributed by atoms with Crippen LogP contribution in [-0.2, 0) is 23.8 Å². The Morgan fingerprint density at radius 2 is 2.00 bits per heavy atom. The number of piperidine rings is 1. The Morgan fingerprint density at radius 3 is 2.55 bits per heavy atom. The molecular formula is C16H27NO5. The zero-order valence-corrected chi connectivity index (χ0v) is 14.2. The molecule has 2 rings (SSSR count).